The summed E-state index contributed by atoms with van der Waals surface area (Å²) >= 11 is -5.01. The number of carbonyl (C=O) groups is 3. The molecule has 0 aliphatic carbocycles. The monoisotopic (exact) mass is 1100 g/mol. The number of halogens is 1. The minimum atomic E-state index is -5.01. The number of fused-ring (bicyclic) bond motifs is 1. The summed E-state index contributed by atoms with van der Waals surface area (Å²) in [5.41, 5.74) is 10.8. The zero-order chi connectivity index (χ0) is 54.0. The summed E-state index contributed by atoms with van der Waals surface area (Å²) in [5, 5.41) is 20.5. The summed E-state index contributed by atoms with van der Waals surface area (Å²) in [7, 11) is 6.40. The molecule has 0 saturated carbocycles. The van der Waals surface area contributed by atoms with Crippen LogP contribution in [0.25, 0.3) is 0 Å². The fraction of sp³-hybridized carbons (Fsp3) is 0.482. The molecule has 0 radical (unpaired) electrons. The first-order chi connectivity index (χ1) is 33.2. The van der Waals surface area contributed by atoms with Crippen molar-refractivity contribution in [2.24, 2.45) is 11.8 Å². The van der Waals surface area contributed by atoms with Crippen molar-refractivity contribution < 1.29 is 62.2 Å². The zero-order valence-electron chi connectivity index (χ0n) is 45.3. The Balaban J connectivity index is 0.000000370. The molecule has 0 aromatic heterocycles. The number of carbonyl (C=O) groups excluding carboxylic acids is 3. The number of benzene rings is 3. The molecule has 14 nitrogen and oxygen atoms in total. The molecule has 2 N–H and O–H groups in total. The van der Waals surface area contributed by atoms with E-state index in [9.17, 15) is 24.6 Å². The molecule has 15 heteroatoms. The molecule has 1 aliphatic rings. The standard InChI is InChI=1S/2C22H34O4.C12H13IO6/c2*1-14(2)9-10-18(15(3)4)11-19-16(5)22(17(6)23)21(25-8)12-20(19)26-13-24-7;1-8(14)17-13(3,18-9(2)15)11-7-5-4-6-10(11)12(16)19-13/h2*9,12,17-18,23H,3,10-11,13H2,1-2,4-8H3;4-7H,1-3H3. The number of ether oxygens (including phenoxy) is 6. The first-order valence-electron chi connectivity index (χ1n) is 23.4. The van der Waals surface area contributed by atoms with Crippen LogP contribution in [0.5, 0.6) is 23.0 Å². The minimum absolute atomic E-state index is 0.162. The Kier molecular flexibility index (Phi) is 24.5. The topological polar surface area (TPSA) is 175 Å². The van der Waals surface area contributed by atoms with Gasteiger partial charge < -0.3 is 38.6 Å². The Bertz CT molecular complexity index is 2270. The van der Waals surface area contributed by atoms with Crippen molar-refractivity contribution in [1.82, 2.24) is 0 Å². The number of alkyl halides is 1. The van der Waals surface area contributed by atoms with Crippen LogP contribution in [0.15, 0.2) is 84.0 Å². The summed E-state index contributed by atoms with van der Waals surface area (Å²) in [4.78, 5) is 36.0. The molecule has 3 aromatic carbocycles. The third kappa shape index (κ3) is 17.2. The molecule has 396 valence electrons. The fourth-order valence-corrected chi connectivity index (χ4v) is 15.8. The maximum atomic E-state index is 11.9. The molecule has 4 atom stereocenters. The predicted molar refractivity (Wildman–Crippen MR) is 288 cm³/mol. The Labute approximate surface area is 425 Å². The molecule has 1 aliphatic heterocycles. The van der Waals surface area contributed by atoms with Crippen LogP contribution < -0.4 is 18.9 Å². The van der Waals surface area contributed by atoms with Crippen LogP contribution in [0.2, 0.25) is 0 Å². The van der Waals surface area contributed by atoms with Gasteiger partial charge in [0.1, 0.15) is 23.0 Å². The summed E-state index contributed by atoms with van der Waals surface area (Å²) in [6.45, 7) is 31.1. The first kappa shape index (κ1) is 61.9. The van der Waals surface area contributed by atoms with E-state index < -0.39 is 48.4 Å². The third-order valence-electron chi connectivity index (χ3n) is 11.6. The molecule has 1 heterocycles. The first-order valence-corrected chi connectivity index (χ1v) is 29.2. The predicted octanol–water partition coefficient (Wildman–Crippen LogP) is 12.4. The van der Waals surface area contributed by atoms with Crippen molar-refractivity contribution in [3.05, 3.63) is 127 Å². The van der Waals surface area contributed by atoms with Gasteiger partial charge in [-0.25, -0.2) is 0 Å². The molecule has 0 fully saturated rings. The number of allylic oxidation sites excluding steroid dienone is 6. The van der Waals surface area contributed by atoms with Crippen LogP contribution in [0.4, 0.5) is 0 Å². The van der Waals surface area contributed by atoms with Crippen molar-refractivity contribution in [3.8, 4) is 23.0 Å². The molecule has 0 bridgehead atoms. The van der Waals surface area contributed by atoms with Gasteiger partial charge in [0.2, 0.25) is 0 Å². The van der Waals surface area contributed by atoms with Gasteiger partial charge in [0.05, 0.1) is 26.4 Å². The van der Waals surface area contributed by atoms with Gasteiger partial charge in [-0.15, -0.1) is 0 Å². The van der Waals surface area contributed by atoms with Gasteiger partial charge in [-0.1, -0.05) is 47.6 Å². The van der Waals surface area contributed by atoms with E-state index in [0.29, 0.717) is 26.9 Å². The van der Waals surface area contributed by atoms with E-state index in [1.807, 2.05) is 26.0 Å². The van der Waals surface area contributed by atoms with Crippen LogP contribution >= 0.6 is 18.3 Å². The molecule has 0 spiro atoms. The SMILES string of the molecule is C=C(C)C(CC=C(C)C)Cc1c(OCOC)cc(OC)c(C(C)O)c1C.C=C(C)C(CC=C(C)C)Cc1c(OCOC)cc(OC)c(C(C)O)c1C.CC(=O)OI1(C)(OC(C)=O)OC(=O)c2ccccc21. The Morgan fingerprint density at radius 1 is 0.662 bits per heavy atom. The molecular weight excluding hydrogens is 1020 g/mol. The van der Waals surface area contributed by atoms with Gasteiger partial charge in [-0.2, -0.15) is 0 Å². The fourth-order valence-electron chi connectivity index (χ4n) is 8.06. The molecule has 4 rings (SSSR count). The van der Waals surface area contributed by atoms with Gasteiger partial charge >= 0.3 is 112 Å². The van der Waals surface area contributed by atoms with E-state index in [1.165, 1.54) is 29.9 Å². The van der Waals surface area contributed by atoms with Crippen molar-refractivity contribution in [1.29, 1.82) is 0 Å². The van der Waals surface area contributed by atoms with Crippen LogP contribution in [0.1, 0.15) is 138 Å². The molecule has 4 unspecified atom stereocenters. The average Bonchev–Trinajstić information content (AvgIpc) is 3.49. The van der Waals surface area contributed by atoms with E-state index in [4.69, 9.17) is 37.6 Å². The Morgan fingerprint density at radius 3 is 1.35 bits per heavy atom. The molecule has 3 aromatic rings. The summed E-state index contributed by atoms with van der Waals surface area (Å²) in [6, 6.07) is 10.1. The Morgan fingerprint density at radius 2 is 1.04 bits per heavy atom. The number of aliphatic hydroxyl groups is 2. The zero-order valence-corrected chi connectivity index (χ0v) is 47.4. The average molecular weight is 1110 g/mol. The molecular formula is C56H81IO14. The van der Waals surface area contributed by atoms with Gasteiger partial charge in [0.25, 0.3) is 0 Å². The number of hydrogen-bond acceptors (Lipinski definition) is 14. The van der Waals surface area contributed by atoms with Crippen LogP contribution in [0.3, 0.4) is 0 Å². The van der Waals surface area contributed by atoms with E-state index in [0.717, 1.165) is 81.7 Å². The van der Waals surface area contributed by atoms with Gasteiger partial charge in [0, 0.05) is 37.5 Å². The van der Waals surface area contributed by atoms with Crippen LogP contribution in [-0.2, 0) is 41.1 Å². The van der Waals surface area contributed by atoms with E-state index in [2.05, 4.69) is 66.9 Å². The quantitative estimate of drug-likeness (QED) is 0.0421. The summed E-state index contributed by atoms with van der Waals surface area (Å²) in [5.74, 6) is 1.34. The van der Waals surface area contributed by atoms with E-state index >= 15 is 0 Å². The molecule has 71 heavy (non-hydrogen) atoms. The van der Waals surface area contributed by atoms with Gasteiger partial charge in [-0.05, 0) is 129 Å². The second-order valence-electron chi connectivity index (χ2n) is 18.2. The third-order valence-corrected chi connectivity index (χ3v) is 19.8. The Hall–Kier alpha value is -5.20. The summed E-state index contributed by atoms with van der Waals surface area (Å²) in [6.07, 6.45) is 6.66. The van der Waals surface area contributed by atoms with E-state index in [1.54, 1.807) is 66.6 Å². The van der Waals surface area contributed by atoms with Crippen molar-refractivity contribution in [3.63, 3.8) is 0 Å². The molecule has 0 amide bonds. The van der Waals surface area contributed by atoms with Crippen LogP contribution in [0, 0.1) is 29.3 Å². The second-order valence-corrected chi connectivity index (χ2v) is 26.8. The van der Waals surface area contributed by atoms with Crippen LogP contribution in [-0.4, -0.2) is 75.1 Å². The maximum absolute atomic E-state index is 11.9. The van der Waals surface area contributed by atoms with Crippen molar-refractivity contribution in [2.45, 2.75) is 121 Å². The van der Waals surface area contributed by atoms with Gasteiger partial charge in [0.15, 0.2) is 13.6 Å². The van der Waals surface area contributed by atoms with Gasteiger partial charge in [-0.3, -0.25) is 0 Å². The normalized spacial score (nSPS) is 15.0. The number of rotatable bonds is 22. The number of hydrogen-bond donors (Lipinski definition) is 2. The van der Waals surface area contributed by atoms with E-state index in [-0.39, 0.29) is 19.1 Å². The van der Waals surface area contributed by atoms with Crippen molar-refractivity contribution >= 4 is 36.2 Å². The number of methoxy groups -OCH3 is 4. The molecule has 0 saturated heterocycles. The summed E-state index contributed by atoms with van der Waals surface area (Å²) < 4.78 is 48.9. The van der Waals surface area contributed by atoms with Crippen molar-refractivity contribution in [2.75, 3.05) is 47.0 Å². The number of aliphatic hydroxyl groups excluding tert-OH is 2. The second kappa shape index (κ2) is 28.1.